The van der Waals surface area contributed by atoms with E-state index >= 15 is 0 Å². The number of para-hydroxylation sites is 1. The summed E-state index contributed by atoms with van der Waals surface area (Å²) in [6.45, 7) is 0. The van der Waals surface area contributed by atoms with Gasteiger partial charge in [-0.15, -0.1) is 0 Å². The molecule has 1 N–H and O–H groups in total. The normalized spacial score (nSPS) is 11.2. The fraction of sp³-hybridized carbons (Fsp3) is 0. The van der Waals surface area contributed by atoms with Crippen LogP contribution in [0.3, 0.4) is 0 Å². The Morgan fingerprint density at radius 2 is 2.14 bits per heavy atom. The van der Waals surface area contributed by atoms with Gasteiger partial charge in [-0.1, -0.05) is 35.0 Å². The highest BCUT2D eigenvalue weighted by Gasteiger charge is 2.01. The average Bonchev–Trinajstić information content (AvgIpc) is 2.19. The van der Waals surface area contributed by atoms with Crippen molar-refractivity contribution in [2.45, 2.75) is 0 Å². The maximum Gasteiger partial charge on any atom is 0.138 e. The first kappa shape index (κ1) is 8.97. The van der Waals surface area contributed by atoms with Crippen molar-refractivity contribution in [3.8, 4) is 0 Å². The third kappa shape index (κ3) is 1.54. The molecule has 14 heavy (non-hydrogen) atoms. The van der Waals surface area contributed by atoms with Gasteiger partial charge in [-0.05, 0) is 12.1 Å². The molecule has 1 aromatic carbocycles. The van der Waals surface area contributed by atoms with Gasteiger partial charge in [-0.25, -0.2) is 4.98 Å². The molecule has 0 amide bonds. The summed E-state index contributed by atoms with van der Waals surface area (Å²) in [5.41, 5.74) is 1.43. The maximum atomic E-state index is 8.40. The van der Waals surface area contributed by atoms with Crippen LogP contribution in [0.2, 0.25) is 5.15 Å². The van der Waals surface area contributed by atoms with Crippen molar-refractivity contribution in [2.75, 3.05) is 0 Å². The lowest BCUT2D eigenvalue weighted by molar-refractivity contribution is 0.322. The van der Waals surface area contributed by atoms with Crippen molar-refractivity contribution in [3.05, 3.63) is 41.0 Å². The monoisotopic (exact) mass is 206 g/mol. The van der Waals surface area contributed by atoms with Gasteiger partial charge in [0.15, 0.2) is 0 Å². The van der Waals surface area contributed by atoms with Gasteiger partial charge in [0, 0.05) is 10.9 Å². The highest BCUT2D eigenvalue weighted by Crippen LogP contribution is 2.18. The Hall–Kier alpha value is -1.61. The number of oxime groups is 1. The van der Waals surface area contributed by atoms with Gasteiger partial charge in [-0.2, -0.15) is 0 Å². The van der Waals surface area contributed by atoms with E-state index in [2.05, 4.69) is 10.1 Å². The number of pyridine rings is 1. The van der Waals surface area contributed by atoms with Gasteiger partial charge in [0.1, 0.15) is 5.15 Å². The van der Waals surface area contributed by atoms with E-state index in [0.717, 1.165) is 10.9 Å². The second-order valence-electron chi connectivity index (χ2n) is 2.81. The second-order valence-corrected chi connectivity index (χ2v) is 3.16. The minimum atomic E-state index is 0.335. The van der Waals surface area contributed by atoms with Crippen molar-refractivity contribution in [1.82, 2.24) is 4.98 Å². The van der Waals surface area contributed by atoms with E-state index in [1.165, 1.54) is 6.21 Å². The van der Waals surface area contributed by atoms with Crippen LogP contribution in [0.5, 0.6) is 0 Å². The van der Waals surface area contributed by atoms with Crippen molar-refractivity contribution < 1.29 is 5.21 Å². The lowest BCUT2D eigenvalue weighted by atomic mass is 10.2. The molecule has 0 bridgehead atoms. The fourth-order valence-corrected chi connectivity index (χ4v) is 1.46. The van der Waals surface area contributed by atoms with Crippen molar-refractivity contribution in [1.29, 1.82) is 0 Å². The lowest BCUT2D eigenvalue weighted by Gasteiger charge is -2.00. The van der Waals surface area contributed by atoms with Crippen LogP contribution in [-0.2, 0) is 0 Å². The molecule has 0 atom stereocenters. The highest BCUT2D eigenvalue weighted by molar-refractivity contribution is 6.32. The average molecular weight is 207 g/mol. The summed E-state index contributed by atoms with van der Waals surface area (Å²) in [6, 6.07) is 9.43. The molecule has 2 rings (SSSR count). The quantitative estimate of drug-likeness (QED) is 0.338. The fourth-order valence-electron chi connectivity index (χ4n) is 1.26. The molecule has 0 aliphatic heterocycles. The summed E-state index contributed by atoms with van der Waals surface area (Å²) in [4.78, 5) is 4.16. The number of rotatable bonds is 1. The van der Waals surface area contributed by atoms with E-state index in [1.807, 2.05) is 30.3 Å². The zero-order chi connectivity index (χ0) is 9.97. The molecule has 4 heteroatoms. The van der Waals surface area contributed by atoms with Crippen LogP contribution >= 0.6 is 11.6 Å². The van der Waals surface area contributed by atoms with Gasteiger partial charge in [0.25, 0.3) is 0 Å². The number of hydrogen-bond acceptors (Lipinski definition) is 3. The number of nitrogens with zero attached hydrogens (tertiary/aromatic N) is 2. The van der Waals surface area contributed by atoms with Gasteiger partial charge in [0.05, 0.1) is 11.7 Å². The molecule has 0 saturated heterocycles. The number of fused-ring (bicyclic) bond motifs is 1. The molecule has 70 valence electrons. The molecule has 0 aliphatic rings. The first-order valence-corrected chi connectivity index (χ1v) is 4.42. The lowest BCUT2D eigenvalue weighted by Crippen LogP contribution is -1.88. The minimum absolute atomic E-state index is 0.335. The Morgan fingerprint density at radius 1 is 1.36 bits per heavy atom. The topological polar surface area (TPSA) is 45.5 Å². The van der Waals surface area contributed by atoms with Crippen LogP contribution in [0.4, 0.5) is 0 Å². The molecular weight excluding hydrogens is 200 g/mol. The van der Waals surface area contributed by atoms with Crippen molar-refractivity contribution in [2.24, 2.45) is 5.16 Å². The molecule has 3 nitrogen and oxygen atoms in total. The Labute approximate surface area is 85.6 Å². The predicted octanol–water partition coefficient (Wildman–Crippen LogP) is 2.70. The van der Waals surface area contributed by atoms with E-state index in [9.17, 15) is 0 Å². The van der Waals surface area contributed by atoms with Gasteiger partial charge in [-0.3, -0.25) is 0 Å². The molecule has 0 spiro atoms. The van der Waals surface area contributed by atoms with E-state index in [0.29, 0.717) is 10.7 Å². The number of aromatic nitrogens is 1. The third-order valence-corrected chi connectivity index (χ3v) is 2.20. The van der Waals surface area contributed by atoms with Crippen LogP contribution in [0.25, 0.3) is 10.9 Å². The third-order valence-electron chi connectivity index (χ3n) is 1.90. The molecule has 1 heterocycles. The summed E-state index contributed by atoms with van der Waals surface area (Å²) in [5, 5.41) is 12.6. The summed E-state index contributed by atoms with van der Waals surface area (Å²) in [5.74, 6) is 0. The minimum Gasteiger partial charge on any atom is -0.411 e. The Morgan fingerprint density at radius 3 is 2.93 bits per heavy atom. The van der Waals surface area contributed by atoms with Gasteiger partial charge in [0.2, 0.25) is 0 Å². The largest absolute Gasteiger partial charge is 0.411 e. The molecular formula is C10H7ClN2O. The van der Waals surface area contributed by atoms with Crippen LogP contribution in [-0.4, -0.2) is 16.4 Å². The summed E-state index contributed by atoms with van der Waals surface area (Å²) >= 11 is 5.87. The molecule has 2 aromatic rings. The number of hydrogen-bond donors (Lipinski definition) is 1. The van der Waals surface area contributed by atoms with Crippen LogP contribution in [0.1, 0.15) is 5.56 Å². The summed E-state index contributed by atoms with van der Waals surface area (Å²) in [7, 11) is 0. The maximum absolute atomic E-state index is 8.40. The van der Waals surface area contributed by atoms with Crippen molar-refractivity contribution in [3.63, 3.8) is 0 Å². The zero-order valence-corrected chi connectivity index (χ0v) is 7.94. The number of benzene rings is 1. The molecule has 0 saturated carbocycles. The number of halogens is 1. The summed E-state index contributed by atoms with van der Waals surface area (Å²) < 4.78 is 0. The SMILES string of the molecule is ON=Cc1cc2ccccc2nc1Cl. The smallest absolute Gasteiger partial charge is 0.138 e. The predicted molar refractivity (Wildman–Crippen MR) is 56.1 cm³/mol. The Balaban J connectivity index is 2.70. The Kier molecular flexibility index (Phi) is 2.33. The zero-order valence-electron chi connectivity index (χ0n) is 7.18. The van der Waals surface area contributed by atoms with E-state index in [4.69, 9.17) is 16.8 Å². The first-order valence-electron chi connectivity index (χ1n) is 4.04. The van der Waals surface area contributed by atoms with Gasteiger partial charge >= 0.3 is 0 Å². The van der Waals surface area contributed by atoms with Crippen molar-refractivity contribution >= 4 is 28.7 Å². The molecule has 0 aliphatic carbocycles. The Bertz CT molecular complexity index is 496. The van der Waals surface area contributed by atoms with Gasteiger partial charge < -0.3 is 5.21 Å². The molecule has 0 radical (unpaired) electrons. The van der Waals surface area contributed by atoms with Crippen LogP contribution < -0.4 is 0 Å². The summed E-state index contributed by atoms with van der Waals surface area (Å²) in [6.07, 6.45) is 1.27. The molecule has 0 fully saturated rings. The van der Waals surface area contributed by atoms with E-state index < -0.39 is 0 Å². The molecule has 1 aromatic heterocycles. The first-order chi connectivity index (χ1) is 6.81. The highest BCUT2D eigenvalue weighted by atomic mass is 35.5. The van der Waals surface area contributed by atoms with E-state index in [1.54, 1.807) is 0 Å². The standard InChI is InChI=1S/C10H7ClN2O/c11-10-8(6-12-14)5-7-3-1-2-4-9(7)13-10/h1-6,14H. The van der Waals surface area contributed by atoms with E-state index in [-0.39, 0.29) is 0 Å². The molecule has 0 unspecified atom stereocenters. The van der Waals surface area contributed by atoms with Crippen LogP contribution in [0, 0.1) is 0 Å². The second kappa shape index (κ2) is 3.64. The van der Waals surface area contributed by atoms with Crippen LogP contribution in [0.15, 0.2) is 35.5 Å².